The number of carbonyl (C=O) groups excluding carboxylic acids is 1. The number of allylic oxidation sites excluding steroid dienone is 2. The van der Waals surface area contributed by atoms with Gasteiger partial charge in [-0.15, -0.1) is 0 Å². The Kier molecular flexibility index (Phi) is 5.93. The summed E-state index contributed by atoms with van der Waals surface area (Å²) in [6.07, 6.45) is 15.3. The van der Waals surface area contributed by atoms with Crippen LogP contribution < -0.4 is 0 Å². The Bertz CT molecular complexity index is 750. The molecule has 0 bridgehead atoms. The van der Waals surface area contributed by atoms with Crippen LogP contribution in [0.3, 0.4) is 0 Å². The molecule has 0 radical (unpaired) electrons. The summed E-state index contributed by atoms with van der Waals surface area (Å²) in [5.41, 5.74) is 0.471. The number of ketones is 1. The van der Waals surface area contributed by atoms with E-state index < -0.39 is 5.79 Å². The van der Waals surface area contributed by atoms with Gasteiger partial charge in [0.15, 0.2) is 11.6 Å². The molecule has 180 valence electrons. The molecule has 4 fully saturated rings. The molecule has 8 atom stereocenters. The Morgan fingerprint density at radius 1 is 1.03 bits per heavy atom. The molecule has 5 rings (SSSR count). The Balaban J connectivity index is 1.41. The smallest absolute Gasteiger partial charge is 0.172 e. The monoisotopic (exact) mass is 442 g/mol. The molecule has 0 aromatic carbocycles. The number of hydrogen-bond acceptors (Lipinski definition) is 3. The Morgan fingerprint density at radius 3 is 2.50 bits per heavy atom. The van der Waals surface area contributed by atoms with Crippen molar-refractivity contribution in [1.29, 1.82) is 0 Å². The first-order valence-electron chi connectivity index (χ1n) is 13.7. The molecular formula is C29H46O3. The van der Waals surface area contributed by atoms with Gasteiger partial charge in [0.2, 0.25) is 0 Å². The van der Waals surface area contributed by atoms with Gasteiger partial charge in [0.25, 0.3) is 0 Å². The zero-order valence-corrected chi connectivity index (χ0v) is 21.2. The highest BCUT2D eigenvalue weighted by Crippen LogP contribution is 2.69. The first kappa shape index (κ1) is 23.1. The van der Waals surface area contributed by atoms with Gasteiger partial charge in [0, 0.05) is 18.8 Å². The van der Waals surface area contributed by atoms with Crippen molar-refractivity contribution in [1.82, 2.24) is 0 Å². The molecule has 3 nitrogen and oxygen atoms in total. The lowest BCUT2D eigenvalue weighted by Gasteiger charge is -2.63. The van der Waals surface area contributed by atoms with Crippen LogP contribution in [0.1, 0.15) is 92.4 Å². The van der Waals surface area contributed by atoms with Crippen LogP contribution in [0.5, 0.6) is 0 Å². The summed E-state index contributed by atoms with van der Waals surface area (Å²) < 4.78 is 12.9. The minimum Gasteiger partial charge on any atom is -0.347 e. The predicted molar refractivity (Wildman–Crippen MR) is 128 cm³/mol. The van der Waals surface area contributed by atoms with Gasteiger partial charge in [-0.1, -0.05) is 60.0 Å². The largest absolute Gasteiger partial charge is 0.347 e. The highest BCUT2D eigenvalue weighted by atomic mass is 16.7. The van der Waals surface area contributed by atoms with Gasteiger partial charge < -0.3 is 9.47 Å². The summed E-state index contributed by atoms with van der Waals surface area (Å²) in [6, 6.07) is 0. The molecule has 4 aliphatic carbocycles. The first-order chi connectivity index (χ1) is 15.2. The summed E-state index contributed by atoms with van der Waals surface area (Å²) in [6.45, 7) is 13.7. The number of hydrogen-bond donors (Lipinski definition) is 0. The molecule has 5 aliphatic rings. The second kappa shape index (κ2) is 8.22. The summed E-state index contributed by atoms with van der Waals surface area (Å²) >= 11 is 0. The standard InChI is InChI=1S/C29H46O3/c1-19(2)7-6-8-20(3)23-9-10-24-22-18-29(31-15-16-32-29)26-17-21(30)11-13-28(26,5)25(22)12-14-27(23,24)4/h11,13,19-20,22-26H,6-10,12,14-18H2,1-5H3/t20-,22+,23-,24+,25+,26+,27-,28-/m1/s1. The molecule has 0 aromatic heterocycles. The van der Waals surface area contributed by atoms with Crippen LogP contribution in [-0.4, -0.2) is 24.8 Å². The molecule has 0 amide bonds. The van der Waals surface area contributed by atoms with E-state index in [-0.39, 0.29) is 17.1 Å². The molecule has 1 saturated heterocycles. The second-order valence-corrected chi connectivity index (χ2v) is 13.0. The van der Waals surface area contributed by atoms with Crippen LogP contribution >= 0.6 is 0 Å². The SMILES string of the molecule is CC(C)CCC[C@@H](C)[C@H]1CC[C@H]2[C@@H]3CC4(OCCO4)[C@H]4CC(=O)C=C[C@]4(C)[C@H]3CC[C@]12C. The normalized spacial score (nSPS) is 45.7. The molecule has 0 aromatic rings. The fraction of sp³-hybridized carbons (Fsp3) is 0.897. The van der Waals surface area contributed by atoms with E-state index in [2.05, 4.69) is 40.7 Å². The van der Waals surface area contributed by atoms with Crippen molar-refractivity contribution in [3.8, 4) is 0 Å². The van der Waals surface area contributed by atoms with Gasteiger partial charge in [-0.05, 0) is 78.1 Å². The maximum atomic E-state index is 12.4. The number of rotatable bonds is 5. The third-order valence-corrected chi connectivity index (χ3v) is 11.0. The zero-order chi connectivity index (χ0) is 22.7. The maximum Gasteiger partial charge on any atom is 0.172 e. The Hall–Kier alpha value is -0.670. The third kappa shape index (κ3) is 3.47. The van der Waals surface area contributed by atoms with Crippen molar-refractivity contribution in [2.45, 2.75) is 98.2 Å². The van der Waals surface area contributed by atoms with E-state index in [0.717, 1.165) is 30.1 Å². The van der Waals surface area contributed by atoms with Crippen molar-refractivity contribution in [3.05, 3.63) is 12.2 Å². The highest BCUT2D eigenvalue weighted by Gasteiger charge is 2.67. The molecule has 0 unspecified atom stereocenters. The lowest BCUT2D eigenvalue weighted by molar-refractivity contribution is -0.276. The van der Waals surface area contributed by atoms with Crippen LogP contribution in [0.15, 0.2) is 12.2 Å². The molecule has 3 saturated carbocycles. The van der Waals surface area contributed by atoms with Gasteiger partial charge in [-0.25, -0.2) is 0 Å². The van der Waals surface area contributed by atoms with E-state index in [1.807, 2.05) is 6.08 Å². The second-order valence-electron chi connectivity index (χ2n) is 13.0. The summed E-state index contributed by atoms with van der Waals surface area (Å²) in [5.74, 6) is 4.47. The third-order valence-electron chi connectivity index (χ3n) is 11.0. The maximum absolute atomic E-state index is 12.4. The molecule has 1 spiro atoms. The van der Waals surface area contributed by atoms with E-state index in [9.17, 15) is 4.79 Å². The van der Waals surface area contributed by atoms with Gasteiger partial charge >= 0.3 is 0 Å². The van der Waals surface area contributed by atoms with Crippen LogP contribution in [0.4, 0.5) is 0 Å². The topological polar surface area (TPSA) is 35.5 Å². The van der Waals surface area contributed by atoms with Gasteiger partial charge in [-0.2, -0.15) is 0 Å². The van der Waals surface area contributed by atoms with Gasteiger partial charge in [0.1, 0.15) is 0 Å². The fourth-order valence-corrected chi connectivity index (χ4v) is 9.52. The van der Waals surface area contributed by atoms with Crippen LogP contribution in [-0.2, 0) is 14.3 Å². The predicted octanol–water partition coefficient (Wildman–Crippen LogP) is 6.81. The molecule has 0 N–H and O–H groups in total. The van der Waals surface area contributed by atoms with Crippen molar-refractivity contribution in [2.75, 3.05) is 13.2 Å². The number of fused-ring (bicyclic) bond motifs is 6. The quantitative estimate of drug-likeness (QED) is 0.469. The average molecular weight is 443 g/mol. The zero-order valence-electron chi connectivity index (χ0n) is 21.2. The lowest BCUT2D eigenvalue weighted by Crippen LogP contribution is -2.62. The first-order valence-corrected chi connectivity index (χ1v) is 13.7. The van der Waals surface area contributed by atoms with E-state index in [1.54, 1.807) is 0 Å². The van der Waals surface area contributed by atoms with E-state index in [4.69, 9.17) is 9.47 Å². The Morgan fingerprint density at radius 2 is 1.78 bits per heavy atom. The summed E-state index contributed by atoms with van der Waals surface area (Å²) in [5, 5.41) is 0. The van der Waals surface area contributed by atoms with Crippen molar-refractivity contribution >= 4 is 5.78 Å². The van der Waals surface area contributed by atoms with Crippen molar-refractivity contribution in [3.63, 3.8) is 0 Å². The lowest BCUT2D eigenvalue weighted by atomic mass is 9.44. The average Bonchev–Trinajstić information content (AvgIpc) is 3.34. The fourth-order valence-electron chi connectivity index (χ4n) is 9.52. The molecule has 32 heavy (non-hydrogen) atoms. The van der Waals surface area contributed by atoms with Gasteiger partial charge in [0.05, 0.1) is 13.2 Å². The minimum absolute atomic E-state index is 0.0173. The highest BCUT2D eigenvalue weighted by molar-refractivity contribution is 5.91. The molecule has 1 aliphatic heterocycles. The minimum atomic E-state index is -0.532. The molecular weight excluding hydrogens is 396 g/mol. The molecule has 3 heteroatoms. The van der Waals surface area contributed by atoms with Gasteiger partial charge in [-0.3, -0.25) is 4.79 Å². The van der Waals surface area contributed by atoms with Crippen LogP contribution in [0, 0.1) is 52.3 Å². The summed E-state index contributed by atoms with van der Waals surface area (Å²) in [7, 11) is 0. The number of ether oxygens (including phenoxy) is 2. The summed E-state index contributed by atoms with van der Waals surface area (Å²) in [4.78, 5) is 12.4. The van der Waals surface area contributed by atoms with Crippen LogP contribution in [0.2, 0.25) is 0 Å². The van der Waals surface area contributed by atoms with E-state index in [1.165, 1.54) is 44.9 Å². The van der Waals surface area contributed by atoms with E-state index >= 15 is 0 Å². The van der Waals surface area contributed by atoms with Crippen molar-refractivity contribution < 1.29 is 14.3 Å². The van der Waals surface area contributed by atoms with E-state index in [0.29, 0.717) is 36.9 Å². The number of carbonyl (C=O) groups is 1. The Labute approximate surface area is 196 Å². The van der Waals surface area contributed by atoms with Crippen LogP contribution in [0.25, 0.3) is 0 Å². The van der Waals surface area contributed by atoms with Crippen molar-refractivity contribution in [2.24, 2.45) is 52.3 Å². The molecule has 1 heterocycles.